The summed E-state index contributed by atoms with van der Waals surface area (Å²) in [6.45, 7) is 2.97. The molecule has 4 nitrogen and oxygen atoms in total. The van der Waals surface area contributed by atoms with Crippen LogP contribution < -0.4 is 10.2 Å². The number of hydrogen-bond donors (Lipinski definition) is 1. The van der Waals surface area contributed by atoms with Crippen molar-refractivity contribution in [1.82, 2.24) is 4.98 Å². The zero-order valence-corrected chi connectivity index (χ0v) is 14.6. The van der Waals surface area contributed by atoms with Crippen LogP contribution in [0, 0.1) is 0 Å². The van der Waals surface area contributed by atoms with Crippen molar-refractivity contribution in [1.29, 1.82) is 0 Å². The average molecular weight is 339 g/mol. The van der Waals surface area contributed by atoms with E-state index in [1.54, 1.807) is 17.6 Å². The van der Waals surface area contributed by atoms with Crippen LogP contribution in [0.2, 0.25) is 0 Å². The number of ether oxygens (including phenoxy) is 1. The zero-order valence-electron chi connectivity index (χ0n) is 13.7. The van der Waals surface area contributed by atoms with Gasteiger partial charge in [-0.3, -0.25) is 5.43 Å². The van der Waals surface area contributed by atoms with Crippen LogP contribution in [0.15, 0.2) is 53.6 Å². The highest BCUT2D eigenvalue weighted by molar-refractivity contribution is 7.22. The molecule has 0 aliphatic rings. The van der Waals surface area contributed by atoms with Gasteiger partial charge in [-0.25, -0.2) is 4.98 Å². The van der Waals surface area contributed by atoms with Gasteiger partial charge in [0, 0.05) is 0 Å². The fourth-order valence-corrected chi connectivity index (χ4v) is 3.09. The number of hydrazone groups is 1. The number of benzene rings is 2. The van der Waals surface area contributed by atoms with Crippen molar-refractivity contribution in [2.24, 2.45) is 5.10 Å². The summed E-state index contributed by atoms with van der Waals surface area (Å²) >= 11 is 1.59. The summed E-state index contributed by atoms with van der Waals surface area (Å²) < 4.78 is 6.85. The van der Waals surface area contributed by atoms with Crippen molar-refractivity contribution in [2.75, 3.05) is 12.0 Å². The summed E-state index contributed by atoms with van der Waals surface area (Å²) in [7, 11) is 0. The lowest BCUT2D eigenvalue weighted by Crippen LogP contribution is -1.97. The molecule has 0 amide bonds. The van der Waals surface area contributed by atoms with Gasteiger partial charge in [-0.05, 0) is 48.4 Å². The molecule has 1 heterocycles. The highest BCUT2D eigenvalue weighted by Gasteiger charge is 2.00. The fraction of sp³-hybridized carbons (Fsp3) is 0.263. The molecule has 0 atom stereocenters. The Morgan fingerprint density at radius 3 is 2.75 bits per heavy atom. The summed E-state index contributed by atoms with van der Waals surface area (Å²) in [5, 5.41) is 5.05. The third-order valence-electron chi connectivity index (χ3n) is 3.56. The molecule has 24 heavy (non-hydrogen) atoms. The molecule has 124 valence electrons. The number of unbranched alkanes of at least 4 members (excludes halogenated alkanes) is 2. The Kier molecular flexibility index (Phi) is 5.80. The topological polar surface area (TPSA) is 46.5 Å². The largest absolute Gasteiger partial charge is 0.494 e. The molecular weight excluding hydrogens is 318 g/mol. The molecule has 0 spiro atoms. The van der Waals surface area contributed by atoms with Gasteiger partial charge in [0.25, 0.3) is 0 Å². The average Bonchev–Trinajstić information content (AvgIpc) is 3.03. The summed E-state index contributed by atoms with van der Waals surface area (Å²) in [6, 6.07) is 16.0. The van der Waals surface area contributed by atoms with E-state index in [-0.39, 0.29) is 0 Å². The van der Waals surface area contributed by atoms with Crippen LogP contribution in [-0.2, 0) is 0 Å². The fourth-order valence-electron chi connectivity index (χ4n) is 2.27. The Morgan fingerprint density at radius 1 is 1.12 bits per heavy atom. The van der Waals surface area contributed by atoms with Gasteiger partial charge in [0.1, 0.15) is 5.75 Å². The zero-order chi connectivity index (χ0) is 16.6. The highest BCUT2D eigenvalue weighted by Crippen LogP contribution is 2.25. The number of anilines is 1. The van der Waals surface area contributed by atoms with Crippen molar-refractivity contribution in [3.05, 3.63) is 54.1 Å². The highest BCUT2D eigenvalue weighted by atomic mass is 32.1. The van der Waals surface area contributed by atoms with Crippen molar-refractivity contribution in [2.45, 2.75) is 26.2 Å². The minimum atomic E-state index is 0.778. The van der Waals surface area contributed by atoms with Crippen molar-refractivity contribution < 1.29 is 4.74 Å². The van der Waals surface area contributed by atoms with Gasteiger partial charge in [-0.15, -0.1) is 0 Å². The normalized spacial score (nSPS) is 11.2. The molecular formula is C19H21N3OS. The van der Waals surface area contributed by atoms with Crippen LogP contribution in [0.1, 0.15) is 31.7 Å². The molecule has 1 aromatic heterocycles. The van der Waals surface area contributed by atoms with E-state index in [9.17, 15) is 0 Å². The van der Waals surface area contributed by atoms with Crippen LogP contribution in [0.4, 0.5) is 5.13 Å². The summed E-state index contributed by atoms with van der Waals surface area (Å²) in [5.74, 6) is 0.905. The van der Waals surface area contributed by atoms with Crippen molar-refractivity contribution >= 4 is 32.9 Å². The summed E-state index contributed by atoms with van der Waals surface area (Å²) in [6.07, 6.45) is 5.31. The Labute approximate surface area is 146 Å². The van der Waals surface area contributed by atoms with E-state index in [2.05, 4.69) is 28.5 Å². The number of thiazole rings is 1. The molecule has 0 aliphatic heterocycles. The molecule has 2 aromatic carbocycles. The molecule has 0 bridgehead atoms. The predicted molar refractivity (Wildman–Crippen MR) is 102 cm³/mol. The number of nitrogens with zero attached hydrogens (tertiary/aromatic N) is 2. The van der Waals surface area contributed by atoms with Gasteiger partial charge >= 0.3 is 0 Å². The van der Waals surface area contributed by atoms with Crippen LogP contribution in [0.5, 0.6) is 5.75 Å². The van der Waals surface area contributed by atoms with Gasteiger partial charge in [-0.2, -0.15) is 5.10 Å². The standard InChI is InChI=1S/C19H21N3OS/c1-2-3-6-13-23-16-11-9-15(10-12-16)14-20-22-19-21-17-7-4-5-8-18(17)24-19/h4-5,7-12,14H,2-3,6,13H2,1H3,(H,21,22)/b20-14-. The number of rotatable bonds is 8. The van der Waals surface area contributed by atoms with Crippen LogP contribution >= 0.6 is 11.3 Å². The number of nitrogens with one attached hydrogen (secondary N) is 1. The molecule has 0 saturated heterocycles. The van der Waals surface area contributed by atoms with E-state index in [0.717, 1.165) is 39.7 Å². The SMILES string of the molecule is CCCCCOc1ccc(/C=N\Nc2nc3ccccc3s2)cc1. The second-order valence-corrected chi connectivity index (χ2v) is 6.51. The third-order valence-corrected chi connectivity index (χ3v) is 4.51. The molecule has 0 aliphatic carbocycles. The van der Waals surface area contributed by atoms with Crippen LogP contribution in [-0.4, -0.2) is 17.8 Å². The van der Waals surface area contributed by atoms with Crippen molar-refractivity contribution in [3.8, 4) is 5.75 Å². The lowest BCUT2D eigenvalue weighted by atomic mass is 10.2. The molecule has 0 saturated carbocycles. The maximum absolute atomic E-state index is 5.70. The maximum atomic E-state index is 5.70. The number of aromatic nitrogens is 1. The molecule has 0 radical (unpaired) electrons. The quantitative estimate of drug-likeness (QED) is 0.343. The number of fused-ring (bicyclic) bond motifs is 1. The first-order valence-corrected chi connectivity index (χ1v) is 9.04. The van der Waals surface area contributed by atoms with Gasteiger partial charge in [0.2, 0.25) is 5.13 Å². The second kappa shape index (κ2) is 8.45. The molecule has 3 rings (SSSR count). The van der Waals surface area contributed by atoms with Gasteiger partial charge < -0.3 is 4.74 Å². The molecule has 0 fully saturated rings. The second-order valence-electron chi connectivity index (χ2n) is 5.48. The van der Waals surface area contributed by atoms with Gasteiger partial charge in [0.15, 0.2) is 0 Å². The molecule has 3 aromatic rings. The van der Waals surface area contributed by atoms with Gasteiger partial charge in [-0.1, -0.05) is 43.2 Å². The third kappa shape index (κ3) is 4.55. The maximum Gasteiger partial charge on any atom is 0.204 e. The van der Waals surface area contributed by atoms with E-state index in [1.807, 2.05) is 42.5 Å². The Balaban J connectivity index is 1.52. The first-order chi connectivity index (χ1) is 11.8. The molecule has 5 heteroatoms. The minimum absolute atomic E-state index is 0.778. The Hall–Kier alpha value is -2.40. The number of hydrogen-bond acceptors (Lipinski definition) is 5. The monoisotopic (exact) mass is 339 g/mol. The Bertz CT molecular complexity index is 763. The number of para-hydroxylation sites is 1. The van der Waals surface area contributed by atoms with Gasteiger partial charge in [0.05, 0.1) is 23.0 Å². The summed E-state index contributed by atoms with van der Waals surface area (Å²) in [5.41, 5.74) is 5.00. The van der Waals surface area contributed by atoms with E-state index >= 15 is 0 Å². The van der Waals surface area contributed by atoms with Crippen LogP contribution in [0.3, 0.4) is 0 Å². The smallest absolute Gasteiger partial charge is 0.204 e. The van der Waals surface area contributed by atoms with E-state index in [4.69, 9.17) is 4.74 Å². The van der Waals surface area contributed by atoms with Crippen molar-refractivity contribution in [3.63, 3.8) is 0 Å². The molecule has 0 unspecified atom stereocenters. The Morgan fingerprint density at radius 2 is 1.96 bits per heavy atom. The first kappa shape index (κ1) is 16.5. The van der Waals surface area contributed by atoms with Crippen LogP contribution in [0.25, 0.3) is 10.2 Å². The minimum Gasteiger partial charge on any atom is -0.494 e. The van der Waals surface area contributed by atoms with E-state index in [1.165, 1.54) is 12.8 Å². The van der Waals surface area contributed by atoms with E-state index < -0.39 is 0 Å². The predicted octanol–water partition coefficient (Wildman–Crippen LogP) is 5.31. The summed E-state index contributed by atoms with van der Waals surface area (Å²) in [4.78, 5) is 4.48. The van der Waals surface area contributed by atoms with E-state index in [0.29, 0.717) is 0 Å². The molecule has 1 N–H and O–H groups in total. The first-order valence-electron chi connectivity index (χ1n) is 8.22. The lowest BCUT2D eigenvalue weighted by Gasteiger charge is -2.05. The lowest BCUT2D eigenvalue weighted by molar-refractivity contribution is 0.306.